The van der Waals surface area contributed by atoms with Crippen LogP contribution in [0.1, 0.15) is 40.0 Å². The molecule has 0 saturated heterocycles. The molecule has 3 nitrogen and oxygen atoms in total. The summed E-state index contributed by atoms with van der Waals surface area (Å²) in [6.07, 6.45) is 0.578. The number of carbonyl (C=O) groups is 1. The SMILES string of the molecule is CC(C)(C)CCC(O)CC(=O)O. The number of rotatable bonds is 4. The van der Waals surface area contributed by atoms with Gasteiger partial charge in [0.25, 0.3) is 0 Å². The molecule has 0 aliphatic heterocycles. The molecule has 12 heavy (non-hydrogen) atoms. The average Bonchev–Trinajstić information content (AvgIpc) is 1.80. The fourth-order valence-corrected chi connectivity index (χ4v) is 0.903. The van der Waals surface area contributed by atoms with Crippen molar-refractivity contribution < 1.29 is 15.0 Å². The van der Waals surface area contributed by atoms with Crippen LogP contribution >= 0.6 is 0 Å². The van der Waals surface area contributed by atoms with Crippen molar-refractivity contribution in [3.63, 3.8) is 0 Å². The van der Waals surface area contributed by atoms with Gasteiger partial charge in [-0.25, -0.2) is 0 Å². The van der Waals surface area contributed by atoms with Crippen LogP contribution in [-0.2, 0) is 4.79 Å². The highest BCUT2D eigenvalue weighted by atomic mass is 16.4. The molecule has 0 saturated carbocycles. The zero-order chi connectivity index (χ0) is 9.78. The van der Waals surface area contributed by atoms with Crippen LogP contribution < -0.4 is 0 Å². The van der Waals surface area contributed by atoms with Crippen molar-refractivity contribution in [1.82, 2.24) is 0 Å². The summed E-state index contributed by atoms with van der Waals surface area (Å²) in [7, 11) is 0. The third-order valence-corrected chi connectivity index (χ3v) is 1.64. The van der Waals surface area contributed by atoms with Crippen LogP contribution in [0.15, 0.2) is 0 Å². The summed E-state index contributed by atoms with van der Waals surface area (Å²) < 4.78 is 0. The maximum Gasteiger partial charge on any atom is 0.305 e. The molecule has 2 N–H and O–H groups in total. The lowest BCUT2D eigenvalue weighted by Gasteiger charge is -2.19. The van der Waals surface area contributed by atoms with Gasteiger partial charge in [-0.2, -0.15) is 0 Å². The first kappa shape index (κ1) is 11.4. The van der Waals surface area contributed by atoms with E-state index in [-0.39, 0.29) is 11.8 Å². The average molecular weight is 174 g/mol. The van der Waals surface area contributed by atoms with E-state index in [0.717, 1.165) is 6.42 Å². The largest absolute Gasteiger partial charge is 0.481 e. The lowest BCUT2D eigenvalue weighted by molar-refractivity contribution is -0.139. The van der Waals surface area contributed by atoms with Gasteiger partial charge in [0.15, 0.2) is 0 Å². The van der Waals surface area contributed by atoms with E-state index in [1.54, 1.807) is 0 Å². The number of carboxylic acids is 1. The molecule has 0 fully saturated rings. The molecule has 0 radical (unpaired) electrons. The molecule has 0 bridgehead atoms. The minimum absolute atomic E-state index is 0.143. The van der Waals surface area contributed by atoms with Crippen LogP contribution in [-0.4, -0.2) is 22.3 Å². The van der Waals surface area contributed by atoms with Crippen molar-refractivity contribution >= 4 is 5.97 Å². The smallest absolute Gasteiger partial charge is 0.305 e. The third kappa shape index (κ3) is 7.54. The number of aliphatic hydroxyl groups excluding tert-OH is 1. The normalized spacial score (nSPS) is 14.3. The van der Waals surface area contributed by atoms with Crippen LogP contribution in [0.4, 0.5) is 0 Å². The fraction of sp³-hybridized carbons (Fsp3) is 0.889. The predicted octanol–water partition coefficient (Wildman–Crippen LogP) is 1.65. The minimum Gasteiger partial charge on any atom is -0.481 e. The Morgan fingerprint density at radius 2 is 1.92 bits per heavy atom. The molecule has 0 spiro atoms. The number of aliphatic hydroxyl groups is 1. The summed E-state index contributed by atoms with van der Waals surface area (Å²) in [5, 5.41) is 17.6. The monoisotopic (exact) mass is 174 g/mol. The van der Waals surface area contributed by atoms with Crippen molar-refractivity contribution in [2.75, 3.05) is 0 Å². The Bertz CT molecular complexity index is 146. The maximum atomic E-state index is 10.2. The molecule has 0 aromatic rings. The summed E-state index contributed by atoms with van der Waals surface area (Å²) in [4.78, 5) is 10.2. The first-order valence-corrected chi connectivity index (χ1v) is 4.21. The highest BCUT2D eigenvalue weighted by Gasteiger charge is 2.15. The van der Waals surface area contributed by atoms with E-state index >= 15 is 0 Å². The molecule has 72 valence electrons. The quantitative estimate of drug-likeness (QED) is 0.681. The molecule has 0 aromatic carbocycles. The van der Waals surface area contributed by atoms with Crippen molar-refractivity contribution in [2.24, 2.45) is 5.41 Å². The van der Waals surface area contributed by atoms with Crippen LogP contribution in [0, 0.1) is 5.41 Å². The van der Waals surface area contributed by atoms with E-state index in [9.17, 15) is 9.90 Å². The second kappa shape index (κ2) is 4.45. The summed E-state index contributed by atoms with van der Waals surface area (Å²) in [6, 6.07) is 0. The summed E-state index contributed by atoms with van der Waals surface area (Å²) >= 11 is 0. The van der Waals surface area contributed by atoms with E-state index in [1.807, 2.05) is 0 Å². The van der Waals surface area contributed by atoms with Gasteiger partial charge < -0.3 is 10.2 Å². The molecule has 0 rings (SSSR count). The number of carboxylic acid groups (broad SMARTS) is 1. The molecule has 0 aliphatic rings. The van der Waals surface area contributed by atoms with E-state index in [0.29, 0.717) is 6.42 Å². The van der Waals surface area contributed by atoms with Gasteiger partial charge in [-0.1, -0.05) is 20.8 Å². The summed E-state index contributed by atoms with van der Waals surface area (Å²) in [5.41, 5.74) is 0.166. The van der Waals surface area contributed by atoms with Gasteiger partial charge in [-0.15, -0.1) is 0 Å². The molecule has 1 unspecified atom stereocenters. The van der Waals surface area contributed by atoms with Crippen molar-refractivity contribution in [3.8, 4) is 0 Å². The lowest BCUT2D eigenvalue weighted by Crippen LogP contribution is -2.16. The Kier molecular flexibility index (Phi) is 4.24. The highest BCUT2D eigenvalue weighted by molar-refractivity contribution is 5.67. The van der Waals surface area contributed by atoms with Gasteiger partial charge in [0.1, 0.15) is 0 Å². The molecular formula is C9H18O3. The van der Waals surface area contributed by atoms with Gasteiger partial charge in [-0.05, 0) is 18.3 Å². The Morgan fingerprint density at radius 1 is 1.42 bits per heavy atom. The van der Waals surface area contributed by atoms with Gasteiger partial charge in [0.2, 0.25) is 0 Å². The summed E-state index contributed by atoms with van der Waals surface area (Å²) in [5.74, 6) is -0.934. The zero-order valence-electron chi connectivity index (χ0n) is 8.00. The van der Waals surface area contributed by atoms with Gasteiger partial charge in [0, 0.05) is 0 Å². The predicted molar refractivity (Wildman–Crippen MR) is 46.9 cm³/mol. The number of aliphatic carboxylic acids is 1. The molecular weight excluding hydrogens is 156 g/mol. The van der Waals surface area contributed by atoms with E-state index in [1.165, 1.54) is 0 Å². The molecule has 0 aliphatic carbocycles. The highest BCUT2D eigenvalue weighted by Crippen LogP contribution is 2.22. The van der Waals surface area contributed by atoms with Crippen molar-refractivity contribution in [1.29, 1.82) is 0 Å². The molecule has 0 aromatic heterocycles. The van der Waals surface area contributed by atoms with Crippen LogP contribution in [0.5, 0.6) is 0 Å². The van der Waals surface area contributed by atoms with Crippen molar-refractivity contribution in [2.45, 2.75) is 46.1 Å². The Labute approximate surface area is 73.4 Å². The van der Waals surface area contributed by atoms with Gasteiger partial charge in [-0.3, -0.25) is 4.79 Å². The first-order chi connectivity index (χ1) is 5.31. The molecule has 3 heteroatoms. The maximum absolute atomic E-state index is 10.2. The second-order valence-corrected chi connectivity index (χ2v) is 4.35. The van der Waals surface area contributed by atoms with Gasteiger partial charge in [0.05, 0.1) is 12.5 Å². The first-order valence-electron chi connectivity index (χ1n) is 4.21. The van der Waals surface area contributed by atoms with Crippen LogP contribution in [0.3, 0.4) is 0 Å². The van der Waals surface area contributed by atoms with E-state index in [2.05, 4.69) is 20.8 Å². The topological polar surface area (TPSA) is 57.5 Å². The lowest BCUT2D eigenvalue weighted by atomic mass is 9.89. The number of hydrogen-bond acceptors (Lipinski definition) is 2. The van der Waals surface area contributed by atoms with Crippen LogP contribution in [0.2, 0.25) is 0 Å². The van der Waals surface area contributed by atoms with E-state index < -0.39 is 12.1 Å². The standard InChI is InChI=1S/C9H18O3/c1-9(2,3)5-4-7(10)6-8(11)12/h7,10H,4-6H2,1-3H3,(H,11,12). The van der Waals surface area contributed by atoms with E-state index in [4.69, 9.17) is 5.11 Å². The molecule has 0 heterocycles. The Morgan fingerprint density at radius 3 is 2.25 bits per heavy atom. The minimum atomic E-state index is -0.934. The Hall–Kier alpha value is -0.570. The van der Waals surface area contributed by atoms with Crippen LogP contribution in [0.25, 0.3) is 0 Å². The molecule has 1 atom stereocenters. The second-order valence-electron chi connectivity index (χ2n) is 4.35. The Balaban J connectivity index is 3.57. The fourth-order valence-electron chi connectivity index (χ4n) is 0.903. The zero-order valence-corrected chi connectivity index (χ0v) is 8.00. The van der Waals surface area contributed by atoms with Gasteiger partial charge >= 0.3 is 5.97 Å². The summed E-state index contributed by atoms with van der Waals surface area (Å²) in [6.45, 7) is 6.21. The third-order valence-electron chi connectivity index (χ3n) is 1.64. The number of hydrogen-bond donors (Lipinski definition) is 2. The van der Waals surface area contributed by atoms with Crippen molar-refractivity contribution in [3.05, 3.63) is 0 Å². The molecule has 0 amide bonds.